The van der Waals surface area contributed by atoms with Crippen LogP contribution in [0.25, 0.3) is 69.9 Å². The van der Waals surface area contributed by atoms with Crippen molar-refractivity contribution in [2.24, 2.45) is 0 Å². The zero-order valence-electron chi connectivity index (χ0n) is 24.7. The third-order valence-corrected chi connectivity index (χ3v) is 13.9. The summed E-state index contributed by atoms with van der Waals surface area (Å²) in [4.78, 5) is 0. The maximum Gasteiger partial charge on any atom is 0.174 e. The molecule has 2 nitrogen and oxygen atoms in total. The number of para-hydroxylation sites is 1. The number of thiophene rings is 1. The molecule has 0 aliphatic carbocycles. The standard InChI is InChI=1S/C42H26NOPS/c44-45(30-10-2-1-3-11-30)38-16-8-5-13-32(38)36-25-24-35-31-12-4-7-15-37(31)43(41(35)42(36)45)29-21-18-27(19-22-29)28-20-23-34-33-14-6-9-17-39(33)46-40(34)26-28/h1-26H. The Morgan fingerprint density at radius 3 is 2.04 bits per heavy atom. The fourth-order valence-electron chi connectivity index (χ4n) is 7.56. The summed E-state index contributed by atoms with van der Waals surface area (Å²) in [6, 6.07) is 55.6. The molecule has 0 N–H and O–H groups in total. The molecule has 7 aromatic carbocycles. The summed E-state index contributed by atoms with van der Waals surface area (Å²) >= 11 is 1.85. The van der Waals surface area contributed by atoms with Crippen molar-refractivity contribution >= 4 is 76.4 Å². The van der Waals surface area contributed by atoms with Crippen LogP contribution in [0.3, 0.4) is 0 Å². The number of hydrogen-bond donors (Lipinski definition) is 0. The van der Waals surface area contributed by atoms with Crippen LogP contribution in [0.15, 0.2) is 158 Å². The molecule has 0 radical (unpaired) electrons. The van der Waals surface area contributed by atoms with Gasteiger partial charge in [-0.15, -0.1) is 11.3 Å². The molecule has 0 amide bonds. The smallest absolute Gasteiger partial charge is 0.174 e. The van der Waals surface area contributed by atoms with Crippen molar-refractivity contribution in [1.82, 2.24) is 4.57 Å². The number of aromatic nitrogens is 1. The molecule has 3 heterocycles. The Labute approximate surface area is 270 Å². The van der Waals surface area contributed by atoms with E-state index in [9.17, 15) is 0 Å². The quantitative estimate of drug-likeness (QED) is 0.180. The van der Waals surface area contributed by atoms with Gasteiger partial charge in [0.2, 0.25) is 0 Å². The molecule has 1 aliphatic rings. The first kappa shape index (κ1) is 26.1. The van der Waals surface area contributed by atoms with Crippen LogP contribution in [0.5, 0.6) is 0 Å². The number of nitrogens with zero attached hydrogens (tertiary/aromatic N) is 1. The lowest BCUT2D eigenvalue weighted by molar-refractivity contribution is 0.593. The van der Waals surface area contributed by atoms with E-state index in [4.69, 9.17) is 0 Å². The SMILES string of the molecule is O=P1(c2ccccc2)c2ccccc2-c2ccc3c4ccccc4n(-c4ccc(-c5ccc6c(c5)sc5ccccc56)cc4)c3c21. The summed E-state index contributed by atoms with van der Waals surface area (Å²) in [5.74, 6) is 0. The molecule has 0 fully saturated rings. The summed E-state index contributed by atoms with van der Waals surface area (Å²) in [6.07, 6.45) is 0. The fraction of sp³-hybridized carbons (Fsp3) is 0. The van der Waals surface area contributed by atoms with Gasteiger partial charge in [0.05, 0.1) is 16.3 Å². The summed E-state index contributed by atoms with van der Waals surface area (Å²) in [5, 5.41) is 7.65. The second-order valence-corrected chi connectivity index (χ2v) is 15.8. The molecule has 4 heteroatoms. The zero-order chi connectivity index (χ0) is 30.4. The molecule has 46 heavy (non-hydrogen) atoms. The Balaban J connectivity index is 1.21. The lowest BCUT2D eigenvalue weighted by atomic mass is 10.0. The average Bonchev–Trinajstić information content (AvgIpc) is 3.75. The Morgan fingerprint density at radius 1 is 0.500 bits per heavy atom. The van der Waals surface area contributed by atoms with E-state index in [2.05, 4.69) is 126 Å². The normalized spacial score (nSPS) is 15.6. The maximum atomic E-state index is 15.7. The van der Waals surface area contributed by atoms with Crippen LogP contribution in [0.4, 0.5) is 0 Å². The van der Waals surface area contributed by atoms with E-state index in [1.54, 1.807) is 0 Å². The minimum Gasteiger partial charge on any atom is -0.309 e. The van der Waals surface area contributed by atoms with Crippen molar-refractivity contribution in [1.29, 1.82) is 0 Å². The Kier molecular flexibility index (Phi) is 5.46. The van der Waals surface area contributed by atoms with E-state index in [0.29, 0.717) is 0 Å². The molecule has 0 spiro atoms. The molecule has 2 aromatic heterocycles. The molecular formula is C42H26NOPS. The number of hydrogen-bond acceptors (Lipinski definition) is 2. The number of benzene rings is 7. The van der Waals surface area contributed by atoms with Crippen LogP contribution in [0, 0.1) is 0 Å². The van der Waals surface area contributed by atoms with Gasteiger partial charge in [0, 0.05) is 47.2 Å². The van der Waals surface area contributed by atoms with Gasteiger partial charge in [0.25, 0.3) is 0 Å². The molecule has 0 saturated carbocycles. The molecule has 1 atom stereocenters. The van der Waals surface area contributed by atoms with Crippen LogP contribution >= 0.6 is 18.5 Å². The van der Waals surface area contributed by atoms with Gasteiger partial charge in [-0.3, -0.25) is 0 Å². The van der Waals surface area contributed by atoms with E-state index in [-0.39, 0.29) is 0 Å². The average molecular weight is 624 g/mol. The van der Waals surface area contributed by atoms with Crippen molar-refractivity contribution < 1.29 is 4.57 Å². The molecule has 9 aromatic rings. The highest BCUT2D eigenvalue weighted by Gasteiger charge is 2.42. The van der Waals surface area contributed by atoms with Gasteiger partial charge in [0.1, 0.15) is 0 Å². The minimum absolute atomic E-state index is 0.873. The fourth-order valence-corrected chi connectivity index (χ4v) is 12.0. The summed E-state index contributed by atoms with van der Waals surface area (Å²) < 4.78 is 20.7. The summed E-state index contributed by atoms with van der Waals surface area (Å²) in [7, 11) is -3.16. The van der Waals surface area contributed by atoms with Gasteiger partial charge >= 0.3 is 0 Å². The van der Waals surface area contributed by atoms with Gasteiger partial charge in [-0.1, -0.05) is 127 Å². The van der Waals surface area contributed by atoms with Gasteiger partial charge in [-0.05, 0) is 52.6 Å². The van der Waals surface area contributed by atoms with Crippen molar-refractivity contribution in [3.63, 3.8) is 0 Å². The topological polar surface area (TPSA) is 22.0 Å². The highest BCUT2D eigenvalue weighted by Crippen LogP contribution is 2.55. The first-order valence-electron chi connectivity index (χ1n) is 15.5. The van der Waals surface area contributed by atoms with E-state index < -0.39 is 7.14 Å². The highest BCUT2D eigenvalue weighted by molar-refractivity contribution is 7.86. The largest absolute Gasteiger partial charge is 0.309 e. The Morgan fingerprint density at radius 2 is 1.17 bits per heavy atom. The molecule has 0 saturated heterocycles. The number of fused-ring (bicyclic) bond motifs is 10. The van der Waals surface area contributed by atoms with Crippen LogP contribution in [-0.2, 0) is 4.57 Å². The molecule has 1 aliphatic heterocycles. The molecular weight excluding hydrogens is 598 g/mol. The highest BCUT2D eigenvalue weighted by atomic mass is 32.1. The predicted octanol–water partition coefficient (Wildman–Crippen LogP) is 10.4. The van der Waals surface area contributed by atoms with Crippen molar-refractivity contribution in [3.8, 4) is 27.9 Å². The third-order valence-electron chi connectivity index (χ3n) is 9.62. The van der Waals surface area contributed by atoms with Gasteiger partial charge in [-0.2, -0.15) is 0 Å². The van der Waals surface area contributed by atoms with Crippen LogP contribution < -0.4 is 15.9 Å². The van der Waals surface area contributed by atoms with Gasteiger partial charge in [-0.25, -0.2) is 0 Å². The first-order chi connectivity index (χ1) is 22.7. The predicted molar refractivity (Wildman–Crippen MR) is 197 cm³/mol. The van der Waals surface area contributed by atoms with Crippen molar-refractivity contribution in [2.75, 3.05) is 0 Å². The first-order valence-corrected chi connectivity index (χ1v) is 18.1. The summed E-state index contributed by atoms with van der Waals surface area (Å²) in [6.45, 7) is 0. The van der Waals surface area contributed by atoms with Gasteiger partial charge < -0.3 is 9.13 Å². The van der Waals surface area contributed by atoms with E-state index >= 15 is 4.57 Å². The Bertz CT molecular complexity index is 2720. The molecule has 216 valence electrons. The summed E-state index contributed by atoms with van der Waals surface area (Å²) in [5.41, 5.74) is 7.71. The van der Waals surface area contributed by atoms with E-state index in [1.165, 1.54) is 31.3 Å². The lowest BCUT2D eigenvalue weighted by Crippen LogP contribution is -2.22. The zero-order valence-corrected chi connectivity index (χ0v) is 26.4. The molecule has 1 unspecified atom stereocenters. The second-order valence-electron chi connectivity index (χ2n) is 12.0. The van der Waals surface area contributed by atoms with Crippen LogP contribution in [-0.4, -0.2) is 4.57 Å². The lowest BCUT2D eigenvalue weighted by Gasteiger charge is -2.18. The van der Waals surface area contributed by atoms with Crippen LogP contribution in [0.2, 0.25) is 0 Å². The Hall–Kier alpha value is -5.21. The minimum atomic E-state index is -3.16. The van der Waals surface area contributed by atoms with Gasteiger partial charge in [0.15, 0.2) is 7.14 Å². The monoisotopic (exact) mass is 623 g/mol. The second kappa shape index (κ2) is 9.64. The maximum absolute atomic E-state index is 15.7. The van der Waals surface area contributed by atoms with Crippen molar-refractivity contribution in [3.05, 3.63) is 158 Å². The van der Waals surface area contributed by atoms with E-state index in [0.717, 1.165) is 54.5 Å². The molecule has 0 bridgehead atoms. The number of rotatable bonds is 3. The third kappa shape index (κ3) is 3.50. The van der Waals surface area contributed by atoms with Crippen molar-refractivity contribution in [2.45, 2.75) is 0 Å². The molecule has 10 rings (SSSR count). The van der Waals surface area contributed by atoms with Crippen LogP contribution in [0.1, 0.15) is 0 Å². The van der Waals surface area contributed by atoms with E-state index in [1.807, 2.05) is 47.7 Å².